The molecule has 140 valence electrons. The second-order valence-electron chi connectivity index (χ2n) is 6.27. The first-order valence-corrected chi connectivity index (χ1v) is 10.1. The number of hydrogen-bond donors (Lipinski definition) is 2. The van der Waals surface area contributed by atoms with Crippen LogP contribution in [0.15, 0.2) is 42.5 Å². The summed E-state index contributed by atoms with van der Waals surface area (Å²) in [7, 11) is -3.32. The number of nitrogens with one attached hydrogen (secondary N) is 2. The summed E-state index contributed by atoms with van der Waals surface area (Å²) in [5.74, 6) is 0.630. The molecule has 0 fully saturated rings. The minimum absolute atomic E-state index is 0.129. The molecule has 0 heterocycles. The highest BCUT2D eigenvalue weighted by Crippen LogP contribution is 2.16. The van der Waals surface area contributed by atoms with Crippen LogP contribution in [0.5, 0.6) is 5.75 Å². The highest BCUT2D eigenvalue weighted by Gasteiger charge is 2.05. The van der Waals surface area contributed by atoms with Crippen LogP contribution in [0.1, 0.15) is 23.1 Å². The molecule has 2 aromatic carbocycles. The molecule has 1 amide bonds. The number of ether oxygens (including phenoxy) is 1. The molecule has 0 saturated heterocycles. The Bertz CT molecular complexity index is 859. The van der Waals surface area contributed by atoms with Crippen molar-refractivity contribution in [2.45, 2.75) is 26.8 Å². The number of carbonyl (C=O) groups excluding carboxylic acids is 1. The zero-order valence-corrected chi connectivity index (χ0v) is 16.0. The van der Waals surface area contributed by atoms with Crippen LogP contribution in [0.4, 0.5) is 5.69 Å². The summed E-state index contributed by atoms with van der Waals surface area (Å²) in [5.41, 5.74) is 3.51. The quantitative estimate of drug-likeness (QED) is 0.742. The zero-order valence-electron chi connectivity index (χ0n) is 15.2. The predicted molar refractivity (Wildman–Crippen MR) is 103 cm³/mol. The van der Waals surface area contributed by atoms with Crippen molar-refractivity contribution in [2.24, 2.45) is 0 Å². The predicted octanol–water partition coefficient (Wildman–Crippen LogP) is 2.76. The molecular weight excluding hydrogens is 352 g/mol. The van der Waals surface area contributed by atoms with Crippen molar-refractivity contribution in [1.82, 2.24) is 5.32 Å². The molecule has 0 radical (unpaired) electrons. The third kappa shape index (κ3) is 7.14. The van der Waals surface area contributed by atoms with Gasteiger partial charge in [-0.25, -0.2) is 8.42 Å². The minimum Gasteiger partial charge on any atom is -0.493 e. The smallest absolute Gasteiger partial charge is 0.229 e. The Morgan fingerprint density at radius 3 is 2.42 bits per heavy atom. The molecule has 0 spiro atoms. The number of sulfonamides is 1. The summed E-state index contributed by atoms with van der Waals surface area (Å²) in [4.78, 5) is 12.0. The maximum absolute atomic E-state index is 12.0. The Morgan fingerprint density at radius 2 is 1.77 bits per heavy atom. The number of amides is 1. The van der Waals surface area contributed by atoms with Gasteiger partial charge in [0.1, 0.15) is 5.75 Å². The van der Waals surface area contributed by atoms with Crippen LogP contribution in [-0.4, -0.2) is 27.2 Å². The van der Waals surface area contributed by atoms with Gasteiger partial charge in [0.2, 0.25) is 15.9 Å². The lowest BCUT2D eigenvalue weighted by Crippen LogP contribution is -2.24. The Balaban J connectivity index is 1.79. The van der Waals surface area contributed by atoms with Gasteiger partial charge in [-0.15, -0.1) is 0 Å². The monoisotopic (exact) mass is 376 g/mol. The average molecular weight is 376 g/mol. The van der Waals surface area contributed by atoms with E-state index >= 15 is 0 Å². The number of benzene rings is 2. The van der Waals surface area contributed by atoms with E-state index in [1.165, 1.54) is 0 Å². The lowest BCUT2D eigenvalue weighted by Gasteiger charge is -2.10. The maximum Gasteiger partial charge on any atom is 0.229 e. The van der Waals surface area contributed by atoms with E-state index < -0.39 is 10.0 Å². The molecule has 7 heteroatoms. The van der Waals surface area contributed by atoms with Gasteiger partial charge in [0.15, 0.2) is 0 Å². The van der Waals surface area contributed by atoms with Gasteiger partial charge < -0.3 is 10.1 Å². The summed E-state index contributed by atoms with van der Waals surface area (Å²) in [6.07, 6.45) is 1.34. The van der Waals surface area contributed by atoms with Gasteiger partial charge in [-0.3, -0.25) is 9.52 Å². The van der Waals surface area contributed by atoms with Crippen molar-refractivity contribution in [1.29, 1.82) is 0 Å². The Hall–Kier alpha value is -2.54. The summed E-state index contributed by atoms with van der Waals surface area (Å²) >= 11 is 0. The first-order valence-electron chi connectivity index (χ1n) is 8.26. The fraction of sp³-hybridized carbons (Fsp3) is 0.316. The summed E-state index contributed by atoms with van der Waals surface area (Å²) in [6, 6.07) is 12.8. The Kier molecular flexibility index (Phi) is 6.63. The summed E-state index contributed by atoms with van der Waals surface area (Å²) in [6.45, 7) is 4.62. The molecule has 0 saturated carbocycles. The van der Waals surface area contributed by atoms with Crippen molar-refractivity contribution >= 4 is 21.6 Å². The fourth-order valence-corrected chi connectivity index (χ4v) is 3.08. The molecule has 2 rings (SSSR count). The largest absolute Gasteiger partial charge is 0.493 e. The van der Waals surface area contributed by atoms with Gasteiger partial charge in [-0.05, 0) is 54.8 Å². The van der Waals surface area contributed by atoms with Crippen molar-refractivity contribution in [3.05, 3.63) is 59.2 Å². The molecule has 0 aliphatic heterocycles. The van der Waals surface area contributed by atoms with Gasteiger partial charge in [-0.2, -0.15) is 0 Å². The molecule has 2 N–H and O–H groups in total. The molecule has 0 aromatic heterocycles. The van der Waals surface area contributed by atoms with Crippen LogP contribution in [0.25, 0.3) is 0 Å². The average Bonchev–Trinajstić information content (AvgIpc) is 2.51. The van der Waals surface area contributed by atoms with Crippen LogP contribution < -0.4 is 14.8 Å². The number of aryl methyl sites for hydroxylation is 2. The molecule has 26 heavy (non-hydrogen) atoms. The number of hydrogen-bond acceptors (Lipinski definition) is 4. The molecule has 0 bridgehead atoms. The van der Waals surface area contributed by atoms with Crippen LogP contribution in [0.2, 0.25) is 0 Å². The van der Waals surface area contributed by atoms with E-state index in [4.69, 9.17) is 4.74 Å². The summed E-state index contributed by atoms with van der Waals surface area (Å²) in [5, 5.41) is 2.80. The van der Waals surface area contributed by atoms with E-state index in [0.29, 0.717) is 18.8 Å². The summed E-state index contributed by atoms with van der Waals surface area (Å²) < 4.78 is 30.6. The maximum atomic E-state index is 12.0. The van der Waals surface area contributed by atoms with Gasteiger partial charge >= 0.3 is 0 Å². The molecular formula is C19H24N2O4S. The molecule has 0 atom stereocenters. The molecule has 0 aliphatic carbocycles. The molecule has 0 aliphatic rings. The van der Waals surface area contributed by atoms with Crippen molar-refractivity contribution in [3.8, 4) is 5.75 Å². The van der Waals surface area contributed by atoms with E-state index in [1.807, 2.05) is 32.0 Å². The lowest BCUT2D eigenvalue weighted by atomic mass is 10.1. The molecule has 6 nitrogen and oxygen atoms in total. The zero-order chi connectivity index (χ0) is 19.2. The van der Waals surface area contributed by atoms with E-state index in [-0.39, 0.29) is 12.3 Å². The van der Waals surface area contributed by atoms with E-state index in [9.17, 15) is 13.2 Å². The first kappa shape index (κ1) is 19.8. The van der Waals surface area contributed by atoms with Gasteiger partial charge in [0.05, 0.1) is 19.3 Å². The highest BCUT2D eigenvalue weighted by atomic mass is 32.2. The number of carbonyl (C=O) groups is 1. The van der Waals surface area contributed by atoms with E-state index in [2.05, 4.69) is 16.1 Å². The van der Waals surface area contributed by atoms with Crippen LogP contribution >= 0.6 is 0 Å². The van der Waals surface area contributed by atoms with Crippen LogP contribution in [-0.2, 0) is 21.4 Å². The van der Waals surface area contributed by atoms with Gasteiger partial charge in [-0.1, -0.05) is 18.2 Å². The van der Waals surface area contributed by atoms with Crippen molar-refractivity contribution in [2.75, 3.05) is 17.6 Å². The number of anilines is 1. The normalized spacial score (nSPS) is 11.0. The van der Waals surface area contributed by atoms with Crippen LogP contribution in [0.3, 0.4) is 0 Å². The van der Waals surface area contributed by atoms with E-state index in [0.717, 1.165) is 28.7 Å². The highest BCUT2D eigenvalue weighted by molar-refractivity contribution is 7.92. The number of rotatable bonds is 8. The first-order chi connectivity index (χ1) is 12.2. The van der Waals surface area contributed by atoms with E-state index in [1.54, 1.807) is 18.2 Å². The Labute approximate surface area is 154 Å². The molecule has 2 aromatic rings. The topological polar surface area (TPSA) is 84.5 Å². The van der Waals surface area contributed by atoms with Gasteiger partial charge in [0.25, 0.3) is 0 Å². The Morgan fingerprint density at radius 1 is 1.08 bits per heavy atom. The lowest BCUT2D eigenvalue weighted by molar-refractivity contribution is -0.121. The minimum atomic E-state index is -3.32. The third-order valence-electron chi connectivity index (χ3n) is 3.51. The van der Waals surface area contributed by atoms with Gasteiger partial charge in [0, 0.05) is 12.2 Å². The SMILES string of the molecule is Cc1cc(C)cc(OCCC(=O)NCc2cccc(NS(C)(=O)=O)c2)c1. The second-order valence-corrected chi connectivity index (χ2v) is 8.02. The third-order valence-corrected chi connectivity index (χ3v) is 4.12. The van der Waals surface area contributed by atoms with Crippen molar-refractivity contribution in [3.63, 3.8) is 0 Å². The standard InChI is InChI=1S/C19H24N2O4S/c1-14-9-15(2)11-18(10-14)25-8-7-19(22)20-13-16-5-4-6-17(12-16)21-26(3,23)24/h4-6,9-12,21H,7-8,13H2,1-3H3,(H,20,22). The second kappa shape index (κ2) is 8.71. The fourth-order valence-electron chi connectivity index (χ4n) is 2.53. The van der Waals surface area contributed by atoms with Crippen LogP contribution in [0, 0.1) is 13.8 Å². The molecule has 0 unspecified atom stereocenters. The van der Waals surface area contributed by atoms with Crippen molar-refractivity contribution < 1.29 is 17.9 Å².